The third-order valence-corrected chi connectivity index (χ3v) is 4.38. The number of halogens is 1. The normalized spacial score (nSPS) is 10.3. The zero-order valence-corrected chi connectivity index (χ0v) is 13.5. The molecule has 0 spiro atoms. The van der Waals surface area contributed by atoms with Gasteiger partial charge >= 0.3 is 0 Å². The number of rotatable bonds is 3. The van der Waals surface area contributed by atoms with Gasteiger partial charge in [0.1, 0.15) is 0 Å². The van der Waals surface area contributed by atoms with Gasteiger partial charge in [-0.05, 0) is 29.6 Å². The van der Waals surface area contributed by atoms with Gasteiger partial charge in [-0.3, -0.25) is 15.8 Å². The molecule has 6 heteroatoms. The van der Waals surface area contributed by atoms with E-state index < -0.39 is 0 Å². The summed E-state index contributed by atoms with van der Waals surface area (Å²) in [5.74, 6) is -0.303. The van der Waals surface area contributed by atoms with Crippen LogP contribution in [0.1, 0.15) is 11.1 Å². The number of nitrogens with one attached hydrogen (secondary N) is 2. The maximum atomic E-state index is 8.06. The van der Waals surface area contributed by atoms with Crippen LogP contribution in [0, 0.1) is 10.8 Å². The molecule has 0 fully saturated rings. The van der Waals surface area contributed by atoms with E-state index >= 15 is 0 Å². The molecule has 0 radical (unpaired) electrons. The standard InChI is InChI=1S/C17H12ClN3OS/c18-14-5-2-1-4-13(14)17(20)22-16(19)12-8-11(9-21-10-12)15-6-3-7-23-15/h1-10,19-20H. The maximum Gasteiger partial charge on any atom is 0.222 e. The minimum absolute atomic E-state index is 0.138. The first-order valence-electron chi connectivity index (χ1n) is 6.74. The first-order chi connectivity index (χ1) is 11.1. The molecule has 0 saturated carbocycles. The van der Waals surface area contributed by atoms with Crippen molar-refractivity contribution in [3.05, 3.63) is 76.4 Å². The van der Waals surface area contributed by atoms with E-state index in [-0.39, 0.29) is 11.8 Å². The quantitative estimate of drug-likeness (QED) is 0.529. The molecule has 0 amide bonds. The Balaban J connectivity index is 1.80. The Morgan fingerprint density at radius 1 is 1.04 bits per heavy atom. The van der Waals surface area contributed by atoms with Crippen LogP contribution in [0.5, 0.6) is 0 Å². The fourth-order valence-electron chi connectivity index (χ4n) is 2.00. The monoisotopic (exact) mass is 341 g/mol. The van der Waals surface area contributed by atoms with Crippen LogP contribution >= 0.6 is 22.9 Å². The van der Waals surface area contributed by atoms with E-state index in [1.54, 1.807) is 48.0 Å². The highest BCUT2D eigenvalue weighted by molar-refractivity contribution is 7.13. The molecule has 114 valence electrons. The second kappa shape index (κ2) is 6.73. The predicted octanol–water partition coefficient (Wildman–Crippen LogP) is 4.83. The summed E-state index contributed by atoms with van der Waals surface area (Å²) in [6.07, 6.45) is 3.28. The summed E-state index contributed by atoms with van der Waals surface area (Å²) in [6, 6.07) is 12.7. The molecule has 3 aromatic rings. The van der Waals surface area contributed by atoms with E-state index in [2.05, 4.69) is 4.98 Å². The summed E-state index contributed by atoms with van der Waals surface area (Å²) in [5, 5.41) is 18.4. The molecule has 0 unspecified atom stereocenters. The van der Waals surface area contributed by atoms with E-state index in [1.807, 2.05) is 23.6 Å². The van der Waals surface area contributed by atoms with Gasteiger partial charge in [-0.1, -0.05) is 29.8 Å². The van der Waals surface area contributed by atoms with Crippen LogP contribution < -0.4 is 0 Å². The minimum Gasteiger partial charge on any atom is -0.421 e. The Morgan fingerprint density at radius 3 is 2.61 bits per heavy atom. The van der Waals surface area contributed by atoms with Crippen LogP contribution in [0.3, 0.4) is 0 Å². The average Bonchev–Trinajstić information content (AvgIpc) is 3.10. The number of thiophene rings is 1. The molecule has 2 heterocycles. The molecule has 23 heavy (non-hydrogen) atoms. The Bertz CT molecular complexity index is 862. The Morgan fingerprint density at radius 2 is 1.87 bits per heavy atom. The minimum atomic E-state index is -0.165. The maximum absolute atomic E-state index is 8.06. The van der Waals surface area contributed by atoms with E-state index in [1.165, 1.54) is 0 Å². The van der Waals surface area contributed by atoms with Crippen molar-refractivity contribution >= 4 is 34.7 Å². The van der Waals surface area contributed by atoms with Crippen molar-refractivity contribution in [2.75, 3.05) is 0 Å². The van der Waals surface area contributed by atoms with Gasteiger partial charge in [-0.15, -0.1) is 11.3 Å². The average molecular weight is 342 g/mol. The Kier molecular flexibility index (Phi) is 4.50. The third kappa shape index (κ3) is 3.47. The largest absolute Gasteiger partial charge is 0.421 e. The van der Waals surface area contributed by atoms with Crippen LogP contribution in [0.15, 0.2) is 60.2 Å². The van der Waals surface area contributed by atoms with Crippen molar-refractivity contribution < 1.29 is 4.74 Å². The fourth-order valence-corrected chi connectivity index (χ4v) is 2.93. The van der Waals surface area contributed by atoms with Crippen molar-refractivity contribution in [1.82, 2.24) is 4.98 Å². The van der Waals surface area contributed by atoms with Gasteiger partial charge in [-0.2, -0.15) is 0 Å². The third-order valence-electron chi connectivity index (χ3n) is 3.13. The molecule has 1 aromatic carbocycles. The summed E-state index contributed by atoms with van der Waals surface area (Å²) in [5.41, 5.74) is 1.86. The SMILES string of the molecule is N=C(OC(=N)c1ccccc1Cl)c1cncc(-c2cccs2)c1. The molecule has 0 atom stereocenters. The number of pyridine rings is 1. The number of hydrogen-bond acceptors (Lipinski definition) is 5. The Labute approximate surface area is 142 Å². The first kappa shape index (κ1) is 15.4. The van der Waals surface area contributed by atoms with E-state index in [0.29, 0.717) is 16.1 Å². The van der Waals surface area contributed by atoms with Gasteiger partial charge < -0.3 is 4.74 Å². The van der Waals surface area contributed by atoms with Gasteiger partial charge in [-0.25, -0.2) is 0 Å². The van der Waals surface area contributed by atoms with Crippen LogP contribution in [0.4, 0.5) is 0 Å². The fraction of sp³-hybridized carbons (Fsp3) is 0. The van der Waals surface area contributed by atoms with Crippen LogP contribution in [0.2, 0.25) is 5.02 Å². The zero-order valence-electron chi connectivity index (χ0n) is 11.9. The zero-order chi connectivity index (χ0) is 16.2. The Hall–Kier alpha value is -2.50. The van der Waals surface area contributed by atoms with E-state index in [0.717, 1.165) is 10.4 Å². The van der Waals surface area contributed by atoms with Gasteiger partial charge in [0.15, 0.2) is 0 Å². The lowest BCUT2D eigenvalue weighted by atomic mass is 10.2. The highest BCUT2D eigenvalue weighted by Crippen LogP contribution is 2.25. The van der Waals surface area contributed by atoms with Crippen LogP contribution in [-0.2, 0) is 4.74 Å². The summed E-state index contributed by atoms with van der Waals surface area (Å²) < 4.78 is 5.32. The summed E-state index contributed by atoms with van der Waals surface area (Å²) in [4.78, 5) is 5.21. The molecule has 3 rings (SSSR count). The molecular formula is C17H12ClN3OS. The van der Waals surface area contributed by atoms with Crippen molar-refractivity contribution in [3.8, 4) is 10.4 Å². The topological polar surface area (TPSA) is 69.8 Å². The predicted molar refractivity (Wildman–Crippen MR) is 93.7 cm³/mol. The number of ether oxygens (including phenoxy) is 1. The van der Waals surface area contributed by atoms with Crippen LogP contribution in [-0.4, -0.2) is 16.8 Å². The van der Waals surface area contributed by atoms with Gasteiger partial charge in [0.25, 0.3) is 0 Å². The summed E-state index contributed by atoms with van der Waals surface area (Å²) >= 11 is 7.64. The van der Waals surface area contributed by atoms with Crippen molar-refractivity contribution in [1.29, 1.82) is 10.8 Å². The van der Waals surface area contributed by atoms with Crippen molar-refractivity contribution in [3.63, 3.8) is 0 Å². The molecular weight excluding hydrogens is 330 g/mol. The van der Waals surface area contributed by atoms with Gasteiger partial charge in [0, 0.05) is 22.8 Å². The molecule has 2 aromatic heterocycles. The molecule has 0 aliphatic heterocycles. The molecule has 0 aliphatic carbocycles. The molecule has 4 nitrogen and oxygen atoms in total. The lowest BCUT2D eigenvalue weighted by Gasteiger charge is -2.09. The second-order valence-electron chi connectivity index (χ2n) is 4.68. The second-order valence-corrected chi connectivity index (χ2v) is 6.03. The highest BCUT2D eigenvalue weighted by Gasteiger charge is 2.12. The van der Waals surface area contributed by atoms with Crippen molar-refractivity contribution in [2.24, 2.45) is 0 Å². The van der Waals surface area contributed by atoms with Crippen molar-refractivity contribution in [2.45, 2.75) is 0 Å². The molecule has 0 aliphatic rings. The summed E-state index contributed by atoms with van der Waals surface area (Å²) in [6.45, 7) is 0. The number of nitrogens with zero attached hydrogens (tertiary/aromatic N) is 1. The van der Waals surface area contributed by atoms with Gasteiger partial charge in [0.05, 0.1) is 16.1 Å². The lowest BCUT2D eigenvalue weighted by molar-refractivity contribution is 0.538. The first-order valence-corrected chi connectivity index (χ1v) is 8.00. The smallest absolute Gasteiger partial charge is 0.222 e. The van der Waals surface area contributed by atoms with Gasteiger partial charge in [0.2, 0.25) is 11.8 Å². The summed E-state index contributed by atoms with van der Waals surface area (Å²) in [7, 11) is 0. The number of aromatic nitrogens is 1. The highest BCUT2D eigenvalue weighted by atomic mass is 35.5. The molecule has 0 saturated heterocycles. The van der Waals surface area contributed by atoms with Crippen LogP contribution in [0.25, 0.3) is 10.4 Å². The van der Waals surface area contributed by atoms with E-state index in [9.17, 15) is 0 Å². The van der Waals surface area contributed by atoms with E-state index in [4.69, 9.17) is 27.2 Å². The number of benzene rings is 1. The molecule has 0 bridgehead atoms. The number of hydrogen-bond donors (Lipinski definition) is 2. The lowest BCUT2D eigenvalue weighted by Crippen LogP contribution is -2.13. The molecule has 2 N–H and O–H groups in total.